The van der Waals surface area contributed by atoms with Crippen LogP contribution in [0.5, 0.6) is 17.2 Å². The molecule has 1 aliphatic carbocycles. The van der Waals surface area contributed by atoms with Gasteiger partial charge in [-0.2, -0.15) is 0 Å². The number of ketones is 1. The molecule has 0 bridgehead atoms. The van der Waals surface area contributed by atoms with Crippen LogP contribution in [-0.4, -0.2) is 45.4 Å². The number of carbonyl (C=O) groups excluding carboxylic acids is 2. The standard InChI is InChI=1S/C30H35NO6/c1-6-7-14-37-24-11-9-8-10-21(24)28-27(30(33)36-5)18(2)31-22-15-20(16-23(32)29(22)28)19-12-13-25(34-3)26(17-19)35-4/h8-13,17,20,28-29H,6-7,14-16H2,1-5H3/t20-,28-,29?/m1/s1. The average Bonchev–Trinajstić information content (AvgIpc) is 2.91. The second-order valence-corrected chi connectivity index (χ2v) is 9.47. The SMILES string of the molecule is CCCCOc1ccccc1[C@@H]1C(C(=O)OC)=C(C)N=C2C[C@@H](c3ccc(OC)c(OC)c3)CC(=O)C21. The zero-order valence-electron chi connectivity index (χ0n) is 22.2. The fourth-order valence-corrected chi connectivity index (χ4v) is 5.43. The van der Waals surface area contributed by atoms with Gasteiger partial charge < -0.3 is 18.9 Å². The van der Waals surface area contributed by atoms with Crippen LogP contribution in [0.4, 0.5) is 0 Å². The minimum absolute atomic E-state index is 0.0482. The van der Waals surface area contributed by atoms with Crippen molar-refractivity contribution in [2.45, 2.75) is 51.4 Å². The highest BCUT2D eigenvalue weighted by Gasteiger charge is 2.46. The molecule has 1 heterocycles. The molecule has 0 N–H and O–H groups in total. The molecule has 2 aliphatic rings. The largest absolute Gasteiger partial charge is 0.493 e. The molecule has 0 radical (unpaired) electrons. The number of allylic oxidation sites excluding steroid dienone is 1. The number of rotatable bonds is 9. The van der Waals surface area contributed by atoms with E-state index in [1.165, 1.54) is 7.11 Å². The molecule has 0 spiro atoms. The molecule has 1 saturated carbocycles. The van der Waals surface area contributed by atoms with Crippen LogP contribution in [0.1, 0.15) is 62.5 Å². The molecule has 196 valence electrons. The Morgan fingerprint density at radius 3 is 2.43 bits per heavy atom. The summed E-state index contributed by atoms with van der Waals surface area (Å²) in [6.45, 7) is 4.49. The van der Waals surface area contributed by atoms with E-state index >= 15 is 0 Å². The van der Waals surface area contributed by atoms with Crippen LogP contribution in [0, 0.1) is 5.92 Å². The highest BCUT2D eigenvalue weighted by atomic mass is 16.5. The predicted octanol–water partition coefficient (Wildman–Crippen LogP) is 5.63. The van der Waals surface area contributed by atoms with Crippen molar-refractivity contribution >= 4 is 17.5 Å². The third-order valence-corrected chi connectivity index (χ3v) is 7.25. The zero-order chi connectivity index (χ0) is 26.5. The molecule has 1 fully saturated rings. The van der Waals surface area contributed by atoms with E-state index in [2.05, 4.69) is 6.92 Å². The zero-order valence-corrected chi connectivity index (χ0v) is 22.2. The molecule has 4 rings (SSSR count). The Morgan fingerprint density at radius 1 is 0.973 bits per heavy atom. The van der Waals surface area contributed by atoms with Gasteiger partial charge in [0.15, 0.2) is 11.5 Å². The number of ether oxygens (including phenoxy) is 4. The third-order valence-electron chi connectivity index (χ3n) is 7.25. The molecule has 1 aliphatic heterocycles. The summed E-state index contributed by atoms with van der Waals surface area (Å²) in [5.74, 6) is 0.415. The quantitative estimate of drug-likeness (QED) is 0.324. The Hall–Kier alpha value is -3.61. The monoisotopic (exact) mass is 505 g/mol. The van der Waals surface area contributed by atoms with Gasteiger partial charge in [-0.3, -0.25) is 9.79 Å². The lowest BCUT2D eigenvalue weighted by Gasteiger charge is -2.38. The van der Waals surface area contributed by atoms with Crippen molar-refractivity contribution in [3.63, 3.8) is 0 Å². The third kappa shape index (κ3) is 5.26. The highest BCUT2D eigenvalue weighted by molar-refractivity contribution is 6.12. The van der Waals surface area contributed by atoms with Crippen LogP contribution in [-0.2, 0) is 14.3 Å². The van der Waals surface area contributed by atoms with Crippen molar-refractivity contribution in [1.82, 2.24) is 0 Å². The molecule has 7 nitrogen and oxygen atoms in total. The van der Waals surface area contributed by atoms with Gasteiger partial charge in [-0.25, -0.2) is 4.79 Å². The first-order valence-corrected chi connectivity index (χ1v) is 12.8. The van der Waals surface area contributed by atoms with E-state index in [0.717, 1.165) is 29.7 Å². The number of aliphatic imine (C=N–C) groups is 1. The Labute approximate surface area is 218 Å². The lowest BCUT2D eigenvalue weighted by atomic mass is 9.66. The number of Topliss-reactive ketones (excluding diaryl/α,β-unsaturated/α-hetero) is 1. The number of unbranched alkanes of at least 4 members (excludes halogenated alkanes) is 1. The molecular weight excluding hydrogens is 470 g/mol. The summed E-state index contributed by atoms with van der Waals surface area (Å²) in [6.07, 6.45) is 2.86. The van der Waals surface area contributed by atoms with Gasteiger partial charge in [0.25, 0.3) is 0 Å². The van der Waals surface area contributed by atoms with Gasteiger partial charge in [-0.15, -0.1) is 0 Å². The van der Waals surface area contributed by atoms with Crippen LogP contribution in [0.25, 0.3) is 0 Å². The van der Waals surface area contributed by atoms with Gasteiger partial charge in [-0.1, -0.05) is 37.6 Å². The van der Waals surface area contributed by atoms with Gasteiger partial charge in [0, 0.05) is 29.3 Å². The molecule has 3 atom stereocenters. The number of benzene rings is 2. The van der Waals surface area contributed by atoms with Crippen LogP contribution < -0.4 is 14.2 Å². The second-order valence-electron chi connectivity index (χ2n) is 9.47. The van der Waals surface area contributed by atoms with E-state index in [4.69, 9.17) is 23.9 Å². The first-order chi connectivity index (χ1) is 17.9. The fraction of sp³-hybridized carbons (Fsp3) is 0.433. The Balaban J connectivity index is 1.76. The predicted molar refractivity (Wildman–Crippen MR) is 142 cm³/mol. The van der Waals surface area contributed by atoms with Crippen LogP contribution in [0.15, 0.2) is 58.7 Å². The van der Waals surface area contributed by atoms with E-state index in [-0.39, 0.29) is 11.7 Å². The molecular formula is C30H35NO6. The lowest BCUT2D eigenvalue weighted by molar-refractivity contribution is -0.136. The second kappa shape index (κ2) is 11.6. The Bertz CT molecular complexity index is 1230. The summed E-state index contributed by atoms with van der Waals surface area (Å²) in [6, 6.07) is 13.4. The Kier molecular flexibility index (Phi) is 8.31. The van der Waals surface area contributed by atoms with Gasteiger partial charge in [0.05, 0.1) is 39.4 Å². The summed E-state index contributed by atoms with van der Waals surface area (Å²) >= 11 is 0. The first kappa shape index (κ1) is 26.5. The number of nitrogens with zero attached hydrogens (tertiary/aromatic N) is 1. The minimum atomic E-state index is -0.551. The van der Waals surface area contributed by atoms with E-state index in [1.54, 1.807) is 14.2 Å². The van der Waals surface area contributed by atoms with Crippen LogP contribution in [0.3, 0.4) is 0 Å². The first-order valence-electron chi connectivity index (χ1n) is 12.8. The van der Waals surface area contributed by atoms with Gasteiger partial charge >= 0.3 is 5.97 Å². The van der Waals surface area contributed by atoms with Crippen molar-refractivity contribution < 1.29 is 28.5 Å². The normalized spacial score (nSPS) is 21.2. The molecule has 0 saturated heterocycles. The van der Waals surface area contributed by atoms with Gasteiger partial charge in [-0.05, 0) is 49.4 Å². The topological polar surface area (TPSA) is 83.4 Å². The fourth-order valence-electron chi connectivity index (χ4n) is 5.43. The molecule has 37 heavy (non-hydrogen) atoms. The maximum atomic E-state index is 13.9. The Morgan fingerprint density at radius 2 is 1.73 bits per heavy atom. The van der Waals surface area contributed by atoms with Gasteiger partial charge in [0.1, 0.15) is 11.5 Å². The van der Waals surface area contributed by atoms with E-state index in [1.807, 2.05) is 49.4 Å². The van der Waals surface area contributed by atoms with Crippen molar-refractivity contribution in [1.29, 1.82) is 0 Å². The summed E-state index contributed by atoms with van der Waals surface area (Å²) in [7, 11) is 4.56. The summed E-state index contributed by atoms with van der Waals surface area (Å²) in [5.41, 5.74) is 3.59. The van der Waals surface area contributed by atoms with E-state index in [9.17, 15) is 9.59 Å². The number of methoxy groups -OCH3 is 3. The number of esters is 1. The number of carbonyl (C=O) groups is 2. The van der Waals surface area contributed by atoms with Crippen LogP contribution in [0.2, 0.25) is 0 Å². The molecule has 7 heteroatoms. The maximum absolute atomic E-state index is 13.9. The average molecular weight is 506 g/mol. The van der Waals surface area contributed by atoms with Crippen molar-refractivity contribution in [3.8, 4) is 17.2 Å². The van der Waals surface area contributed by atoms with Crippen molar-refractivity contribution in [3.05, 3.63) is 64.9 Å². The maximum Gasteiger partial charge on any atom is 0.336 e. The smallest absolute Gasteiger partial charge is 0.336 e. The van der Waals surface area contributed by atoms with E-state index in [0.29, 0.717) is 48.0 Å². The molecule has 1 unspecified atom stereocenters. The molecule has 2 aromatic carbocycles. The highest BCUT2D eigenvalue weighted by Crippen LogP contribution is 2.48. The minimum Gasteiger partial charge on any atom is -0.493 e. The lowest BCUT2D eigenvalue weighted by Crippen LogP contribution is -2.41. The van der Waals surface area contributed by atoms with Gasteiger partial charge in [0.2, 0.25) is 0 Å². The van der Waals surface area contributed by atoms with Crippen LogP contribution >= 0.6 is 0 Å². The summed E-state index contributed by atoms with van der Waals surface area (Å²) < 4.78 is 22.2. The summed E-state index contributed by atoms with van der Waals surface area (Å²) in [4.78, 5) is 31.7. The number of hydrogen-bond donors (Lipinski definition) is 0. The van der Waals surface area contributed by atoms with Crippen molar-refractivity contribution in [2.75, 3.05) is 27.9 Å². The molecule has 2 aromatic rings. The number of para-hydroxylation sites is 1. The molecule has 0 amide bonds. The van der Waals surface area contributed by atoms with E-state index < -0.39 is 17.8 Å². The van der Waals surface area contributed by atoms with Crippen molar-refractivity contribution in [2.24, 2.45) is 10.9 Å². The number of fused-ring (bicyclic) bond motifs is 1. The number of hydrogen-bond acceptors (Lipinski definition) is 7. The molecule has 0 aromatic heterocycles. The summed E-state index contributed by atoms with van der Waals surface area (Å²) in [5, 5.41) is 0.